The van der Waals surface area contributed by atoms with E-state index in [0.29, 0.717) is 5.02 Å². The van der Waals surface area contributed by atoms with Gasteiger partial charge in [0, 0.05) is 26.6 Å². The molecule has 0 aliphatic carbocycles. The highest BCUT2D eigenvalue weighted by atomic mass is 35.5. The van der Waals surface area contributed by atoms with Crippen molar-refractivity contribution >= 4 is 29.1 Å². The van der Waals surface area contributed by atoms with Crippen LogP contribution in [0.3, 0.4) is 0 Å². The van der Waals surface area contributed by atoms with E-state index < -0.39 is 0 Å². The molecule has 0 saturated carbocycles. The molecule has 0 aromatic heterocycles. The van der Waals surface area contributed by atoms with Gasteiger partial charge in [-0.3, -0.25) is 4.79 Å². The van der Waals surface area contributed by atoms with Gasteiger partial charge in [0.2, 0.25) is 0 Å². The number of carbonyl (C=O) groups excluding carboxylic acids is 1. The molecule has 1 aliphatic heterocycles. The van der Waals surface area contributed by atoms with E-state index >= 15 is 0 Å². The highest BCUT2D eigenvalue weighted by Gasteiger charge is 2.34. The molecule has 0 spiro atoms. The van der Waals surface area contributed by atoms with Crippen LogP contribution in [0.4, 0.5) is 0 Å². The summed E-state index contributed by atoms with van der Waals surface area (Å²) in [4.78, 5) is 13.1. The summed E-state index contributed by atoms with van der Waals surface area (Å²) >= 11 is 7.60. The van der Waals surface area contributed by atoms with Crippen LogP contribution in [0.15, 0.2) is 23.1 Å². The van der Waals surface area contributed by atoms with Crippen LogP contribution < -0.4 is 0 Å². The van der Waals surface area contributed by atoms with E-state index in [2.05, 4.69) is 0 Å². The molecule has 3 heteroatoms. The molecule has 0 fully saturated rings. The van der Waals surface area contributed by atoms with E-state index in [0.717, 1.165) is 16.2 Å². The Labute approximate surface area is 92.8 Å². The normalized spacial score (nSPS) is 19.2. The van der Waals surface area contributed by atoms with Crippen LogP contribution >= 0.6 is 23.4 Å². The third kappa shape index (κ3) is 1.57. The third-order valence-corrected chi connectivity index (χ3v) is 4.16. The van der Waals surface area contributed by atoms with Gasteiger partial charge in [-0.25, -0.2) is 0 Å². The molecule has 74 valence electrons. The predicted molar refractivity (Wildman–Crippen MR) is 60.3 cm³/mol. The van der Waals surface area contributed by atoms with Crippen molar-refractivity contribution in [3.05, 3.63) is 28.8 Å². The Hall–Kier alpha value is -0.470. The Kier molecular flexibility index (Phi) is 2.36. The first-order valence-corrected chi connectivity index (χ1v) is 5.84. The molecular weight excluding hydrogens is 216 g/mol. The highest BCUT2D eigenvalue weighted by Crippen LogP contribution is 2.40. The van der Waals surface area contributed by atoms with Gasteiger partial charge in [0.1, 0.15) is 0 Å². The van der Waals surface area contributed by atoms with Gasteiger partial charge in [-0.05, 0) is 18.2 Å². The second kappa shape index (κ2) is 3.28. The maximum absolute atomic E-state index is 12.0. The minimum absolute atomic E-state index is 0.203. The molecule has 0 atom stereocenters. The van der Waals surface area contributed by atoms with Crippen LogP contribution in [0.5, 0.6) is 0 Å². The van der Waals surface area contributed by atoms with Gasteiger partial charge in [0.15, 0.2) is 5.78 Å². The number of rotatable bonds is 0. The number of hydrogen-bond acceptors (Lipinski definition) is 2. The number of ketones is 1. The van der Waals surface area contributed by atoms with E-state index in [1.54, 1.807) is 17.8 Å². The van der Waals surface area contributed by atoms with E-state index in [4.69, 9.17) is 11.6 Å². The topological polar surface area (TPSA) is 17.1 Å². The first-order chi connectivity index (χ1) is 6.50. The van der Waals surface area contributed by atoms with Crippen molar-refractivity contribution in [1.82, 2.24) is 0 Å². The SMILES string of the molecule is CC1(C)CSc2ccc(Cl)cc2C1=O. The zero-order chi connectivity index (χ0) is 10.3. The largest absolute Gasteiger partial charge is 0.294 e. The summed E-state index contributed by atoms with van der Waals surface area (Å²) in [5, 5.41) is 0.635. The van der Waals surface area contributed by atoms with Crippen LogP contribution in [0.25, 0.3) is 0 Å². The minimum atomic E-state index is -0.262. The maximum atomic E-state index is 12.0. The summed E-state index contributed by atoms with van der Waals surface area (Å²) in [5.74, 6) is 1.05. The van der Waals surface area contributed by atoms with Crippen molar-refractivity contribution in [1.29, 1.82) is 0 Å². The monoisotopic (exact) mass is 226 g/mol. The number of benzene rings is 1. The second-order valence-electron chi connectivity index (χ2n) is 4.14. The number of hydrogen-bond donors (Lipinski definition) is 0. The Balaban J connectivity index is 2.54. The van der Waals surface area contributed by atoms with Crippen LogP contribution in [0, 0.1) is 5.41 Å². The Morgan fingerprint density at radius 3 is 2.86 bits per heavy atom. The molecule has 1 nitrogen and oxygen atoms in total. The lowest BCUT2D eigenvalue weighted by Crippen LogP contribution is -2.30. The van der Waals surface area contributed by atoms with E-state index in [-0.39, 0.29) is 11.2 Å². The zero-order valence-electron chi connectivity index (χ0n) is 8.13. The van der Waals surface area contributed by atoms with Gasteiger partial charge in [-0.15, -0.1) is 11.8 Å². The van der Waals surface area contributed by atoms with Crippen LogP contribution in [0.2, 0.25) is 5.02 Å². The zero-order valence-corrected chi connectivity index (χ0v) is 9.71. The third-order valence-electron chi connectivity index (χ3n) is 2.39. The fourth-order valence-electron chi connectivity index (χ4n) is 1.49. The lowest BCUT2D eigenvalue weighted by atomic mass is 9.86. The molecule has 1 aromatic carbocycles. The van der Waals surface area contributed by atoms with Crippen molar-refractivity contribution < 1.29 is 4.79 Å². The number of Topliss-reactive ketones (excluding diaryl/α,β-unsaturated/α-hetero) is 1. The summed E-state index contributed by atoms with van der Waals surface area (Å²) in [6, 6.07) is 5.53. The lowest BCUT2D eigenvalue weighted by Gasteiger charge is -2.28. The number of carbonyl (C=O) groups is 1. The molecule has 0 unspecified atom stereocenters. The average Bonchev–Trinajstić information content (AvgIpc) is 2.13. The molecule has 1 heterocycles. The minimum Gasteiger partial charge on any atom is -0.294 e. The van der Waals surface area contributed by atoms with Crippen LogP contribution in [-0.2, 0) is 0 Å². The summed E-state index contributed by atoms with van der Waals surface area (Å²) in [5.41, 5.74) is 0.515. The standard InChI is InChI=1S/C11H11ClOS/c1-11(2)6-14-9-4-3-7(12)5-8(9)10(11)13/h3-5H,6H2,1-2H3. The Morgan fingerprint density at radius 1 is 1.43 bits per heavy atom. The van der Waals surface area contributed by atoms with Gasteiger partial charge in [-0.2, -0.15) is 0 Å². The van der Waals surface area contributed by atoms with Crippen molar-refractivity contribution in [2.45, 2.75) is 18.7 Å². The molecular formula is C11H11ClOS. The molecule has 0 amide bonds. The summed E-state index contributed by atoms with van der Waals surface area (Å²) in [6.07, 6.45) is 0. The van der Waals surface area contributed by atoms with Gasteiger partial charge in [0.25, 0.3) is 0 Å². The summed E-state index contributed by atoms with van der Waals surface area (Å²) in [6.45, 7) is 3.96. The maximum Gasteiger partial charge on any atom is 0.170 e. The van der Waals surface area contributed by atoms with Gasteiger partial charge in [-0.1, -0.05) is 25.4 Å². The Morgan fingerprint density at radius 2 is 2.14 bits per heavy atom. The van der Waals surface area contributed by atoms with Gasteiger partial charge >= 0.3 is 0 Å². The lowest BCUT2D eigenvalue weighted by molar-refractivity contribution is 0.0856. The molecule has 0 saturated heterocycles. The molecule has 1 aromatic rings. The summed E-state index contributed by atoms with van der Waals surface area (Å²) in [7, 11) is 0. The quantitative estimate of drug-likeness (QED) is 0.672. The van der Waals surface area contributed by atoms with E-state index in [9.17, 15) is 4.79 Å². The van der Waals surface area contributed by atoms with Gasteiger partial charge < -0.3 is 0 Å². The van der Waals surface area contributed by atoms with E-state index in [1.165, 1.54) is 0 Å². The van der Waals surface area contributed by atoms with Crippen LogP contribution in [0.1, 0.15) is 24.2 Å². The first kappa shape index (κ1) is 10.1. The number of halogens is 1. The number of thioether (sulfide) groups is 1. The summed E-state index contributed by atoms with van der Waals surface area (Å²) < 4.78 is 0. The molecule has 0 N–H and O–H groups in total. The van der Waals surface area contributed by atoms with Crippen molar-refractivity contribution in [2.24, 2.45) is 5.41 Å². The highest BCUT2D eigenvalue weighted by molar-refractivity contribution is 7.99. The van der Waals surface area contributed by atoms with Crippen molar-refractivity contribution in [3.63, 3.8) is 0 Å². The van der Waals surface area contributed by atoms with Crippen molar-refractivity contribution in [3.8, 4) is 0 Å². The molecule has 14 heavy (non-hydrogen) atoms. The molecule has 2 rings (SSSR count). The fraction of sp³-hybridized carbons (Fsp3) is 0.364. The van der Waals surface area contributed by atoms with E-state index in [1.807, 2.05) is 26.0 Å². The predicted octanol–water partition coefficient (Wildman–Crippen LogP) is 3.65. The average molecular weight is 227 g/mol. The van der Waals surface area contributed by atoms with Crippen LogP contribution in [-0.4, -0.2) is 11.5 Å². The molecule has 0 bridgehead atoms. The number of fused-ring (bicyclic) bond motifs is 1. The second-order valence-corrected chi connectivity index (χ2v) is 5.60. The fourth-order valence-corrected chi connectivity index (χ4v) is 2.78. The first-order valence-electron chi connectivity index (χ1n) is 4.48. The van der Waals surface area contributed by atoms with Gasteiger partial charge in [0.05, 0.1) is 0 Å². The molecule has 0 radical (unpaired) electrons. The Bertz CT molecular complexity index is 398. The van der Waals surface area contributed by atoms with Crippen molar-refractivity contribution in [2.75, 3.05) is 5.75 Å². The smallest absolute Gasteiger partial charge is 0.170 e. The molecule has 1 aliphatic rings.